The second kappa shape index (κ2) is 6.16. The first-order valence-electron chi connectivity index (χ1n) is 5.80. The predicted molar refractivity (Wildman–Crippen MR) is 68.1 cm³/mol. The molecule has 0 saturated carbocycles. The maximum Gasteiger partial charge on any atom is 0.326 e. The molecule has 0 bridgehead atoms. The molecule has 1 aromatic rings. The van der Waals surface area contributed by atoms with Crippen LogP contribution in [0, 0.1) is 0 Å². The first kappa shape index (κ1) is 14.2. The summed E-state index contributed by atoms with van der Waals surface area (Å²) in [6.07, 6.45) is 0.373. The number of hydrogen-bond donors (Lipinski definition) is 2. The Morgan fingerprint density at radius 2 is 1.89 bits per heavy atom. The molecule has 1 atom stereocenters. The van der Waals surface area contributed by atoms with Gasteiger partial charge in [0.2, 0.25) is 0 Å². The number of carbonyl (C=O) groups excluding carboxylic acids is 1. The zero-order chi connectivity index (χ0) is 13.7. The first-order chi connectivity index (χ1) is 8.51. The Morgan fingerprint density at radius 1 is 1.33 bits per heavy atom. The maximum atomic E-state index is 12.1. The fourth-order valence-corrected chi connectivity index (χ4v) is 1.74. The quantitative estimate of drug-likeness (QED) is 0.819. The van der Waals surface area contributed by atoms with Crippen LogP contribution < -0.4 is 5.73 Å². The zero-order valence-corrected chi connectivity index (χ0v) is 10.6. The minimum absolute atomic E-state index is 0.298. The van der Waals surface area contributed by atoms with E-state index in [0.29, 0.717) is 18.5 Å². The second-order valence-electron chi connectivity index (χ2n) is 4.08. The van der Waals surface area contributed by atoms with Crippen LogP contribution in [-0.2, 0) is 11.3 Å². The molecule has 0 aromatic heterocycles. The number of carboxylic acid groups (broad SMARTS) is 1. The largest absolute Gasteiger partial charge is 0.480 e. The monoisotopic (exact) mass is 250 g/mol. The van der Waals surface area contributed by atoms with Crippen LogP contribution in [0.3, 0.4) is 0 Å². The number of carboxylic acids is 1. The Hall–Kier alpha value is -1.88. The van der Waals surface area contributed by atoms with Crippen LogP contribution in [-0.4, -0.2) is 35.0 Å². The van der Waals surface area contributed by atoms with Crippen LogP contribution in [0.4, 0.5) is 0 Å². The Bertz CT molecular complexity index is 428. The smallest absolute Gasteiger partial charge is 0.326 e. The number of nitrogens with two attached hydrogens (primary N) is 1. The average molecular weight is 250 g/mol. The highest BCUT2D eigenvalue weighted by Gasteiger charge is 2.25. The van der Waals surface area contributed by atoms with E-state index < -0.39 is 12.0 Å². The molecule has 1 amide bonds. The first-order valence-corrected chi connectivity index (χ1v) is 5.80. The zero-order valence-electron chi connectivity index (χ0n) is 10.6. The van der Waals surface area contributed by atoms with Gasteiger partial charge in [0, 0.05) is 19.2 Å². The molecule has 0 heterocycles. The van der Waals surface area contributed by atoms with Crippen molar-refractivity contribution >= 4 is 11.9 Å². The molecule has 1 unspecified atom stereocenters. The molecule has 0 saturated heterocycles. The third kappa shape index (κ3) is 3.07. The number of aliphatic carboxylic acids is 1. The van der Waals surface area contributed by atoms with Gasteiger partial charge in [0.1, 0.15) is 6.04 Å². The molecule has 0 radical (unpaired) electrons. The van der Waals surface area contributed by atoms with Gasteiger partial charge in [-0.05, 0) is 24.1 Å². The molecule has 0 spiro atoms. The average Bonchev–Trinajstić information content (AvgIpc) is 2.38. The topological polar surface area (TPSA) is 83.6 Å². The second-order valence-corrected chi connectivity index (χ2v) is 4.08. The van der Waals surface area contributed by atoms with Crippen molar-refractivity contribution in [2.24, 2.45) is 5.73 Å². The number of carbonyl (C=O) groups is 2. The van der Waals surface area contributed by atoms with Gasteiger partial charge >= 0.3 is 5.97 Å². The van der Waals surface area contributed by atoms with Crippen molar-refractivity contribution in [3.05, 3.63) is 35.4 Å². The van der Waals surface area contributed by atoms with E-state index in [1.54, 1.807) is 31.2 Å². The van der Waals surface area contributed by atoms with E-state index in [1.165, 1.54) is 11.9 Å². The molecule has 5 nitrogen and oxygen atoms in total. The summed E-state index contributed by atoms with van der Waals surface area (Å²) in [7, 11) is 1.50. The van der Waals surface area contributed by atoms with Crippen molar-refractivity contribution in [1.82, 2.24) is 4.90 Å². The summed E-state index contributed by atoms with van der Waals surface area (Å²) in [5, 5.41) is 9.01. The SMILES string of the molecule is CCC(C(=O)O)N(C)C(=O)c1ccc(CN)cc1. The minimum atomic E-state index is -0.994. The highest BCUT2D eigenvalue weighted by Crippen LogP contribution is 2.10. The standard InChI is InChI=1S/C13H18N2O3/c1-3-11(13(17)18)15(2)12(16)10-6-4-9(8-14)5-7-10/h4-7,11H,3,8,14H2,1-2H3,(H,17,18). The molecule has 0 aliphatic rings. The number of likely N-dealkylation sites (N-methyl/N-ethyl adjacent to an activating group) is 1. The molecule has 3 N–H and O–H groups in total. The molecule has 5 heteroatoms. The molecular weight excluding hydrogens is 232 g/mol. The fraction of sp³-hybridized carbons (Fsp3) is 0.385. The number of nitrogens with zero attached hydrogens (tertiary/aromatic N) is 1. The van der Waals surface area contributed by atoms with Crippen molar-refractivity contribution in [1.29, 1.82) is 0 Å². The molecule has 0 fully saturated rings. The van der Waals surface area contributed by atoms with E-state index in [4.69, 9.17) is 10.8 Å². The number of benzene rings is 1. The number of rotatable bonds is 5. The third-order valence-electron chi connectivity index (χ3n) is 2.90. The van der Waals surface area contributed by atoms with Gasteiger partial charge in [-0.1, -0.05) is 19.1 Å². The highest BCUT2D eigenvalue weighted by molar-refractivity contribution is 5.96. The van der Waals surface area contributed by atoms with Gasteiger partial charge in [-0.3, -0.25) is 4.79 Å². The van der Waals surface area contributed by atoms with E-state index in [0.717, 1.165) is 5.56 Å². The van der Waals surface area contributed by atoms with Gasteiger partial charge in [0.15, 0.2) is 0 Å². The van der Waals surface area contributed by atoms with Crippen LogP contribution in [0.1, 0.15) is 29.3 Å². The van der Waals surface area contributed by atoms with Crippen molar-refractivity contribution in [2.45, 2.75) is 25.9 Å². The van der Waals surface area contributed by atoms with Crippen LogP contribution in [0.5, 0.6) is 0 Å². The number of amides is 1. The van der Waals surface area contributed by atoms with Crippen LogP contribution in [0.15, 0.2) is 24.3 Å². The van der Waals surface area contributed by atoms with Gasteiger partial charge < -0.3 is 15.7 Å². The normalized spacial score (nSPS) is 11.9. The Labute approximate surface area is 106 Å². The lowest BCUT2D eigenvalue weighted by atomic mass is 10.1. The molecule has 1 aromatic carbocycles. The summed E-state index contributed by atoms with van der Waals surface area (Å²) in [6, 6.07) is 6.06. The molecular formula is C13H18N2O3. The van der Waals surface area contributed by atoms with Crippen LogP contribution >= 0.6 is 0 Å². The van der Waals surface area contributed by atoms with Crippen molar-refractivity contribution < 1.29 is 14.7 Å². The van der Waals surface area contributed by atoms with E-state index in [1.807, 2.05) is 0 Å². The van der Waals surface area contributed by atoms with Gasteiger partial charge in [0.25, 0.3) is 5.91 Å². The Kier molecular flexibility index (Phi) is 4.85. The predicted octanol–water partition coefficient (Wildman–Crippen LogP) is 1.08. The van der Waals surface area contributed by atoms with E-state index in [-0.39, 0.29) is 5.91 Å². The lowest BCUT2D eigenvalue weighted by molar-refractivity contribution is -0.142. The Balaban J connectivity index is 2.88. The summed E-state index contributed by atoms with van der Waals surface area (Å²) < 4.78 is 0. The fourth-order valence-electron chi connectivity index (χ4n) is 1.74. The summed E-state index contributed by atoms with van der Waals surface area (Å²) in [6.45, 7) is 2.15. The van der Waals surface area contributed by atoms with E-state index in [9.17, 15) is 9.59 Å². The van der Waals surface area contributed by atoms with E-state index >= 15 is 0 Å². The van der Waals surface area contributed by atoms with E-state index in [2.05, 4.69) is 0 Å². The summed E-state index contributed by atoms with van der Waals surface area (Å²) in [5.74, 6) is -1.29. The lowest BCUT2D eigenvalue weighted by Gasteiger charge is -2.23. The third-order valence-corrected chi connectivity index (χ3v) is 2.90. The molecule has 98 valence electrons. The van der Waals surface area contributed by atoms with Gasteiger partial charge in [-0.25, -0.2) is 4.79 Å². The molecule has 18 heavy (non-hydrogen) atoms. The maximum absolute atomic E-state index is 12.1. The van der Waals surface area contributed by atoms with Crippen LogP contribution in [0.2, 0.25) is 0 Å². The molecule has 0 aliphatic heterocycles. The molecule has 1 rings (SSSR count). The Morgan fingerprint density at radius 3 is 2.28 bits per heavy atom. The molecule has 0 aliphatic carbocycles. The summed E-state index contributed by atoms with van der Waals surface area (Å²) >= 11 is 0. The highest BCUT2D eigenvalue weighted by atomic mass is 16.4. The van der Waals surface area contributed by atoms with Crippen molar-refractivity contribution in [2.75, 3.05) is 7.05 Å². The van der Waals surface area contributed by atoms with Gasteiger partial charge in [-0.2, -0.15) is 0 Å². The lowest BCUT2D eigenvalue weighted by Crippen LogP contribution is -2.41. The summed E-state index contributed by atoms with van der Waals surface area (Å²) in [5.41, 5.74) is 6.87. The minimum Gasteiger partial charge on any atom is -0.480 e. The van der Waals surface area contributed by atoms with Gasteiger partial charge in [0.05, 0.1) is 0 Å². The van der Waals surface area contributed by atoms with Crippen LogP contribution in [0.25, 0.3) is 0 Å². The number of hydrogen-bond acceptors (Lipinski definition) is 3. The van der Waals surface area contributed by atoms with Gasteiger partial charge in [-0.15, -0.1) is 0 Å². The van der Waals surface area contributed by atoms with Crippen molar-refractivity contribution in [3.63, 3.8) is 0 Å². The van der Waals surface area contributed by atoms with Crippen molar-refractivity contribution in [3.8, 4) is 0 Å². The summed E-state index contributed by atoms with van der Waals surface area (Å²) in [4.78, 5) is 24.3.